The lowest BCUT2D eigenvalue weighted by atomic mass is 10.1. The molecule has 3 amide bonds. The minimum absolute atomic E-state index is 0.186. The molecule has 0 atom stereocenters. The Morgan fingerprint density at radius 1 is 0.900 bits per heavy atom. The number of rotatable bonds is 5. The molecule has 1 heterocycles. The summed E-state index contributed by atoms with van der Waals surface area (Å²) in [4.78, 5) is 39.3. The molecule has 3 aromatic rings. The summed E-state index contributed by atoms with van der Waals surface area (Å²) in [6, 6.07) is 19.1. The second-order valence-electron chi connectivity index (χ2n) is 7.09. The van der Waals surface area contributed by atoms with Crippen LogP contribution in [-0.4, -0.2) is 24.3 Å². The first-order valence-corrected chi connectivity index (χ1v) is 9.52. The van der Waals surface area contributed by atoms with Crippen molar-refractivity contribution in [2.24, 2.45) is 0 Å². The first-order chi connectivity index (χ1) is 14.5. The third kappa shape index (κ3) is 3.55. The highest BCUT2D eigenvalue weighted by Gasteiger charge is 2.38. The van der Waals surface area contributed by atoms with E-state index in [1.165, 1.54) is 0 Å². The van der Waals surface area contributed by atoms with Crippen molar-refractivity contribution in [2.75, 3.05) is 16.8 Å². The normalized spacial score (nSPS) is 12.7. The molecule has 30 heavy (non-hydrogen) atoms. The van der Waals surface area contributed by atoms with E-state index in [0.717, 1.165) is 16.0 Å². The number of aryl methyl sites for hydroxylation is 2. The number of para-hydroxylation sites is 1. The van der Waals surface area contributed by atoms with Crippen LogP contribution in [0, 0.1) is 13.8 Å². The van der Waals surface area contributed by atoms with Gasteiger partial charge in [-0.15, -0.1) is 0 Å². The SMILES string of the molecule is Cc1ccc(OCC(=O)Nc2cccc3c2C(=O)N(c2ccccc2)C3=O)cc1C. The van der Waals surface area contributed by atoms with E-state index in [1.807, 2.05) is 32.0 Å². The van der Waals surface area contributed by atoms with E-state index < -0.39 is 17.7 Å². The number of nitrogens with one attached hydrogen (secondary N) is 1. The number of fused-ring (bicyclic) bond motifs is 1. The number of carbonyl (C=O) groups is 3. The summed E-state index contributed by atoms with van der Waals surface area (Å²) in [5.74, 6) is -0.705. The summed E-state index contributed by atoms with van der Waals surface area (Å²) < 4.78 is 5.56. The molecule has 0 saturated heterocycles. The number of hydrogen-bond acceptors (Lipinski definition) is 4. The van der Waals surface area contributed by atoms with Gasteiger partial charge in [-0.25, -0.2) is 4.90 Å². The highest BCUT2D eigenvalue weighted by atomic mass is 16.5. The predicted molar refractivity (Wildman–Crippen MR) is 114 cm³/mol. The topological polar surface area (TPSA) is 75.7 Å². The lowest BCUT2D eigenvalue weighted by Gasteiger charge is -2.14. The number of ether oxygens (including phenoxy) is 1. The first-order valence-electron chi connectivity index (χ1n) is 9.52. The van der Waals surface area contributed by atoms with Gasteiger partial charge in [-0.05, 0) is 61.4 Å². The summed E-state index contributed by atoms with van der Waals surface area (Å²) in [6.45, 7) is 3.76. The molecular weight excluding hydrogens is 380 g/mol. The van der Waals surface area contributed by atoms with Crippen molar-refractivity contribution in [2.45, 2.75) is 13.8 Å². The Labute approximate surface area is 174 Å². The number of benzene rings is 3. The van der Waals surface area contributed by atoms with Crippen LogP contribution in [0.4, 0.5) is 11.4 Å². The van der Waals surface area contributed by atoms with E-state index in [2.05, 4.69) is 5.32 Å². The third-order valence-corrected chi connectivity index (χ3v) is 5.05. The third-order valence-electron chi connectivity index (χ3n) is 5.05. The Morgan fingerprint density at radius 3 is 2.40 bits per heavy atom. The van der Waals surface area contributed by atoms with Gasteiger partial charge in [0.2, 0.25) is 0 Å². The molecule has 0 saturated carbocycles. The second-order valence-corrected chi connectivity index (χ2v) is 7.09. The van der Waals surface area contributed by atoms with Crippen LogP contribution in [-0.2, 0) is 4.79 Å². The van der Waals surface area contributed by atoms with Gasteiger partial charge in [0.1, 0.15) is 5.75 Å². The van der Waals surface area contributed by atoms with Crippen LogP contribution in [0.5, 0.6) is 5.75 Å². The zero-order valence-electron chi connectivity index (χ0n) is 16.6. The average molecular weight is 400 g/mol. The second kappa shape index (κ2) is 7.83. The monoisotopic (exact) mass is 400 g/mol. The highest BCUT2D eigenvalue weighted by molar-refractivity contribution is 6.36. The number of amides is 3. The molecule has 0 aromatic heterocycles. The van der Waals surface area contributed by atoms with E-state index in [-0.39, 0.29) is 23.4 Å². The first kappa shape index (κ1) is 19.4. The summed E-state index contributed by atoms with van der Waals surface area (Å²) >= 11 is 0. The van der Waals surface area contributed by atoms with E-state index in [0.29, 0.717) is 11.4 Å². The molecule has 1 aliphatic heterocycles. The summed E-state index contributed by atoms with van der Waals surface area (Å²) in [5.41, 5.74) is 3.43. The van der Waals surface area contributed by atoms with Gasteiger partial charge in [-0.2, -0.15) is 0 Å². The molecule has 0 unspecified atom stereocenters. The van der Waals surface area contributed by atoms with Crippen LogP contribution in [0.2, 0.25) is 0 Å². The van der Waals surface area contributed by atoms with Crippen molar-refractivity contribution in [3.05, 3.63) is 89.0 Å². The molecule has 0 spiro atoms. The van der Waals surface area contributed by atoms with Crippen molar-refractivity contribution in [3.63, 3.8) is 0 Å². The summed E-state index contributed by atoms with van der Waals surface area (Å²) in [5, 5.41) is 2.70. The van der Waals surface area contributed by atoms with Crippen molar-refractivity contribution in [1.29, 1.82) is 0 Å². The molecule has 0 aliphatic carbocycles. The molecule has 1 N–H and O–H groups in total. The highest BCUT2D eigenvalue weighted by Crippen LogP contribution is 2.32. The van der Waals surface area contributed by atoms with Crippen molar-refractivity contribution in [1.82, 2.24) is 0 Å². The van der Waals surface area contributed by atoms with E-state index in [9.17, 15) is 14.4 Å². The van der Waals surface area contributed by atoms with E-state index in [4.69, 9.17) is 4.74 Å². The largest absolute Gasteiger partial charge is 0.484 e. The summed E-state index contributed by atoms with van der Waals surface area (Å²) in [7, 11) is 0. The molecule has 0 bridgehead atoms. The molecule has 3 aromatic carbocycles. The number of anilines is 2. The van der Waals surface area contributed by atoms with Crippen LogP contribution in [0.15, 0.2) is 66.7 Å². The van der Waals surface area contributed by atoms with Crippen molar-refractivity contribution in [3.8, 4) is 5.75 Å². The van der Waals surface area contributed by atoms with Gasteiger partial charge in [-0.3, -0.25) is 14.4 Å². The van der Waals surface area contributed by atoms with Crippen LogP contribution in [0.3, 0.4) is 0 Å². The van der Waals surface area contributed by atoms with Crippen molar-refractivity contribution < 1.29 is 19.1 Å². The van der Waals surface area contributed by atoms with Crippen LogP contribution in [0.25, 0.3) is 0 Å². The van der Waals surface area contributed by atoms with Gasteiger partial charge in [0.05, 0.1) is 22.5 Å². The van der Waals surface area contributed by atoms with Gasteiger partial charge in [0, 0.05) is 0 Å². The molecule has 6 nitrogen and oxygen atoms in total. The molecule has 1 aliphatic rings. The van der Waals surface area contributed by atoms with Gasteiger partial charge in [0.15, 0.2) is 6.61 Å². The molecule has 0 radical (unpaired) electrons. The smallest absolute Gasteiger partial charge is 0.268 e. The maximum absolute atomic E-state index is 13.0. The van der Waals surface area contributed by atoms with Crippen LogP contribution >= 0.6 is 0 Å². The molecule has 4 rings (SSSR count). The quantitative estimate of drug-likeness (QED) is 0.654. The van der Waals surface area contributed by atoms with Gasteiger partial charge in [-0.1, -0.05) is 30.3 Å². The lowest BCUT2D eigenvalue weighted by Crippen LogP contribution is -2.29. The molecule has 6 heteroatoms. The average Bonchev–Trinajstić information content (AvgIpc) is 3.00. The fourth-order valence-corrected chi connectivity index (χ4v) is 3.34. The number of carbonyl (C=O) groups excluding carboxylic acids is 3. The maximum Gasteiger partial charge on any atom is 0.268 e. The van der Waals surface area contributed by atoms with Crippen LogP contribution in [0.1, 0.15) is 31.8 Å². The lowest BCUT2D eigenvalue weighted by molar-refractivity contribution is -0.118. The molecular formula is C24H20N2O4. The van der Waals surface area contributed by atoms with Gasteiger partial charge < -0.3 is 10.1 Å². The Morgan fingerprint density at radius 2 is 1.67 bits per heavy atom. The van der Waals surface area contributed by atoms with Crippen molar-refractivity contribution >= 4 is 29.1 Å². The van der Waals surface area contributed by atoms with Crippen LogP contribution < -0.4 is 15.0 Å². The maximum atomic E-state index is 13.0. The van der Waals surface area contributed by atoms with Gasteiger partial charge >= 0.3 is 0 Å². The zero-order chi connectivity index (χ0) is 21.3. The Kier molecular flexibility index (Phi) is 5.06. The Bertz CT molecular complexity index is 1160. The minimum atomic E-state index is -0.466. The predicted octanol–water partition coefficient (Wildman–Crippen LogP) is 4.12. The minimum Gasteiger partial charge on any atom is -0.484 e. The Hall–Kier alpha value is -3.93. The molecule has 0 fully saturated rings. The van der Waals surface area contributed by atoms with E-state index >= 15 is 0 Å². The zero-order valence-corrected chi connectivity index (χ0v) is 16.6. The standard InChI is InChI=1S/C24H20N2O4/c1-15-11-12-18(13-16(15)2)30-14-21(27)25-20-10-6-9-19-22(20)24(29)26(23(19)28)17-7-4-3-5-8-17/h3-13H,14H2,1-2H3,(H,25,27). The van der Waals surface area contributed by atoms with E-state index in [1.54, 1.807) is 48.5 Å². The number of hydrogen-bond donors (Lipinski definition) is 1. The number of imide groups is 1. The summed E-state index contributed by atoms with van der Waals surface area (Å²) in [6.07, 6.45) is 0. The Balaban J connectivity index is 1.52. The molecule has 150 valence electrons. The number of nitrogens with zero attached hydrogens (tertiary/aromatic N) is 1. The van der Waals surface area contributed by atoms with Gasteiger partial charge in [0.25, 0.3) is 17.7 Å². The fourth-order valence-electron chi connectivity index (χ4n) is 3.34. The fraction of sp³-hybridized carbons (Fsp3) is 0.125.